The van der Waals surface area contributed by atoms with Gasteiger partial charge in [0, 0.05) is 29.3 Å². The van der Waals surface area contributed by atoms with Crippen molar-refractivity contribution in [3.63, 3.8) is 0 Å². The second-order valence-corrected chi connectivity index (χ2v) is 4.23. The monoisotopic (exact) mass is 295 g/mol. The highest BCUT2D eigenvalue weighted by atomic mass is 19.1. The molecule has 7 heteroatoms. The molecule has 0 amide bonds. The molecular formula is C14H11F2NO4. The summed E-state index contributed by atoms with van der Waals surface area (Å²) in [5, 5.41) is 19.8. The van der Waals surface area contributed by atoms with Gasteiger partial charge in [-0.25, -0.2) is 8.78 Å². The van der Waals surface area contributed by atoms with E-state index in [0.717, 1.165) is 12.1 Å². The standard InChI is InChI=1S/C14H11F2NO4/c15-11-2-1-9(13(16)6-11)8-21-14-4-3-12(17(19)20)5-10(14)7-18/h1-6,18H,7-8H2. The van der Waals surface area contributed by atoms with Crippen LogP contribution in [-0.2, 0) is 13.2 Å². The summed E-state index contributed by atoms with van der Waals surface area (Å²) in [6.45, 7) is -0.639. The summed E-state index contributed by atoms with van der Waals surface area (Å²) in [6.07, 6.45) is 0. The van der Waals surface area contributed by atoms with E-state index in [0.29, 0.717) is 0 Å². The van der Waals surface area contributed by atoms with E-state index >= 15 is 0 Å². The summed E-state index contributed by atoms with van der Waals surface area (Å²) in [6, 6.07) is 6.80. The first kappa shape index (κ1) is 14.9. The van der Waals surface area contributed by atoms with Gasteiger partial charge in [-0.05, 0) is 18.2 Å². The van der Waals surface area contributed by atoms with Gasteiger partial charge in [-0.3, -0.25) is 10.1 Å². The molecule has 0 unspecified atom stereocenters. The lowest BCUT2D eigenvalue weighted by molar-refractivity contribution is -0.385. The normalized spacial score (nSPS) is 10.4. The molecule has 0 aliphatic carbocycles. The van der Waals surface area contributed by atoms with Crippen molar-refractivity contribution in [2.45, 2.75) is 13.2 Å². The van der Waals surface area contributed by atoms with Crippen molar-refractivity contribution in [3.8, 4) is 5.75 Å². The molecule has 0 fully saturated rings. The molecule has 0 saturated carbocycles. The molecule has 0 saturated heterocycles. The first-order valence-electron chi connectivity index (χ1n) is 5.96. The molecule has 5 nitrogen and oxygen atoms in total. The molecule has 21 heavy (non-hydrogen) atoms. The fourth-order valence-corrected chi connectivity index (χ4v) is 1.74. The quantitative estimate of drug-likeness (QED) is 0.680. The maximum Gasteiger partial charge on any atom is 0.270 e. The van der Waals surface area contributed by atoms with Crippen LogP contribution in [-0.4, -0.2) is 10.0 Å². The molecule has 0 heterocycles. The van der Waals surface area contributed by atoms with E-state index in [1.54, 1.807) is 0 Å². The average molecular weight is 295 g/mol. The molecule has 110 valence electrons. The Kier molecular flexibility index (Phi) is 4.44. The van der Waals surface area contributed by atoms with E-state index in [1.807, 2.05) is 0 Å². The van der Waals surface area contributed by atoms with Gasteiger partial charge in [0.05, 0.1) is 11.5 Å². The maximum absolute atomic E-state index is 13.4. The second-order valence-electron chi connectivity index (χ2n) is 4.23. The summed E-state index contributed by atoms with van der Waals surface area (Å²) >= 11 is 0. The van der Waals surface area contributed by atoms with Gasteiger partial charge in [0.25, 0.3) is 5.69 Å². The topological polar surface area (TPSA) is 72.6 Å². The van der Waals surface area contributed by atoms with Crippen LogP contribution >= 0.6 is 0 Å². The maximum atomic E-state index is 13.4. The summed E-state index contributed by atoms with van der Waals surface area (Å²) in [5.41, 5.74) is 0.171. The summed E-state index contributed by atoms with van der Waals surface area (Å²) in [5.74, 6) is -1.24. The van der Waals surface area contributed by atoms with E-state index in [4.69, 9.17) is 4.74 Å². The second kappa shape index (κ2) is 6.27. The predicted octanol–water partition coefficient (Wildman–Crippen LogP) is 2.94. The number of aliphatic hydroxyl groups is 1. The highest BCUT2D eigenvalue weighted by molar-refractivity contribution is 5.43. The van der Waals surface area contributed by atoms with Crippen molar-refractivity contribution in [2.24, 2.45) is 0 Å². The Labute approximate surface area is 118 Å². The Morgan fingerprint density at radius 3 is 2.52 bits per heavy atom. The lowest BCUT2D eigenvalue weighted by Crippen LogP contribution is -2.02. The van der Waals surface area contributed by atoms with Crippen LogP contribution in [0.25, 0.3) is 0 Å². The molecular weight excluding hydrogens is 284 g/mol. The number of aliphatic hydroxyl groups excluding tert-OH is 1. The third-order valence-electron chi connectivity index (χ3n) is 2.82. The van der Waals surface area contributed by atoms with Gasteiger partial charge in [-0.1, -0.05) is 0 Å². The summed E-state index contributed by atoms with van der Waals surface area (Å²) in [7, 11) is 0. The fraction of sp³-hybridized carbons (Fsp3) is 0.143. The minimum atomic E-state index is -0.748. The third-order valence-corrected chi connectivity index (χ3v) is 2.82. The van der Waals surface area contributed by atoms with E-state index < -0.39 is 23.2 Å². The summed E-state index contributed by atoms with van der Waals surface area (Å²) in [4.78, 5) is 10.0. The van der Waals surface area contributed by atoms with Crippen LogP contribution in [0.15, 0.2) is 36.4 Å². The Morgan fingerprint density at radius 2 is 1.90 bits per heavy atom. The number of nitro benzene ring substituents is 1. The molecule has 0 radical (unpaired) electrons. The number of hydrogen-bond donors (Lipinski definition) is 1. The fourth-order valence-electron chi connectivity index (χ4n) is 1.74. The number of rotatable bonds is 5. The average Bonchev–Trinajstić information content (AvgIpc) is 2.46. The van der Waals surface area contributed by atoms with Crippen LogP contribution in [0.4, 0.5) is 14.5 Å². The van der Waals surface area contributed by atoms with Crippen molar-refractivity contribution >= 4 is 5.69 Å². The van der Waals surface area contributed by atoms with Crippen LogP contribution < -0.4 is 4.74 Å². The number of benzene rings is 2. The Balaban J connectivity index is 2.17. The number of halogens is 2. The zero-order valence-corrected chi connectivity index (χ0v) is 10.8. The molecule has 2 aromatic carbocycles. The number of non-ortho nitro benzene ring substituents is 1. The first-order chi connectivity index (χ1) is 10.0. The molecule has 0 aliphatic heterocycles. The number of nitro groups is 1. The van der Waals surface area contributed by atoms with Crippen molar-refractivity contribution in [1.29, 1.82) is 0 Å². The molecule has 0 spiro atoms. The van der Waals surface area contributed by atoms with Gasteiger partial charge in [-0.15, -0.1) is 0 Å². The van der Waals surface area contributed by atoms with Crippen molar-refractivity contribution in [2.75, 3.05) is 0 Å². The lowest BCUT2D eigenvalue weighted by Gasteiger charge is -2.10. The first-order valence-corrected chi connectivity index (χ1v) is 5.96. The molecule has 2 rings (SSSR count). The predicted molar refractivity (Wildman–Crippen MR) is 69.7 cm³/mol. The van der Waals surface area contributed by atoms with E-state index in [1.165, 1.54) is 24.3 Å². The lowest BCUT2D eigenvalue weighted by atomic mass is 10.2. The molecule has 0 atom stereocenters. The summed E-state index contributed by atoms with van der Waals surface area (Å²) < 4.78 is 31.5. The van der Waals surface area contributed by atoms with Crippen LogP contribution in [0.5, 0.6) is 5.75 Å². The molecule has 0 aliphatic rings. The smallest absolute Gasteiger partial charge is 0.270 e. The minimum Gasteiger partial charge on any atom is -0.488 e. The zero-order valence-electron chi connectivity index (χ0n) is 10.8. The van der Waals surface area contributed by atoms with Crippen molar-refractivity contribution in [1.82, 2.24) is 0 Å². The van der Waals surface area contributed by atoms with Crippen molar-refractivity contribution in [3.05, 3.63) is 69.3 Å². The Morgan fingerprint density at radius 1 is 1.14 bits per heavy atom. The minimum absolute atomic E-state index is 0.138. The van der Waals surface area contributed by atoms with Crippen LogP contribution in [0.3, 0.4) is 0 Å². The molecule has 0 aromatic heterocycles. The third kappa shape index (κ3) is 3.51. The van der Waals surface area contributed by atoms with Gasteiger partial charge in [0.1, 0.15) is 24.0 Å². The van der Waals surface area contributed by atoms with Gasteiger partial charge in [0.15, 0.2) is 0 Å². The number of hydrogen-bond acceptors (Lipinski definition) is 4. The molecule has 1 N–H and O–H groups in total. The highest BCUT2D eigenvalue weighted by Gasteiger charge is 2.12. The Bertz CT molecular complexity index is 676. The van der Waals surface area contributed by atoms with E-state index in [9.17, 15) is 24.0 Å². The number of nitrogens with zero attached hydrogens (tertiary/aromatic N) is 1. The van der Waals surface area contributed by atoms with Crippen molar-refractivity contribution < 1.29 is 23.5 Å². The van der Waals surface area contributed by atoms with Gasteiger partial charge < -0.3 is 9.84 Å². The van der Waals surface area contributed by atoms with Gasteiger partial charge in [-0.2, -0.15) is 0 Å². The van der Waals surface area contributed by atoms with Crippen LogP contribution in [0.2, 0.25) is 0 Å². The van der Waals surface area contributed by atoms with Crippen LogP contribution in [0, 0.1) is 21.7 Å². The largest absolute Gasteiger partial charge is 0.488 e. The van der Waals surface area contributed by atoms with Gasteiger partial charge in [0.2, 0.25) is 0 Å². The molecule has 0 bridgehead atoms. The zero-order chi connectivity index (χ0) is 15.4. The van der Waals surface area contributed by atoms with E-state index in [2.05, 4.69) is 0 Å². The SMILES string of the molecule is O=[N+]([O-])c1ccc(OCc2ccc(F)cc2F)c(CO)c1. The molecule has 2 aromatic rings. The van der Waals surface area contributed by atoms with Crippen LogP contribution in [0.1, 0.15) is 11.1 Å². The number of ether oxygens (including phenoxy) is 1. The highest BCUT2D eigenvalue weighted by Crippen LogP contribution is 2.25. The Hall–Kier alpha value is -2.54. The van der Waals surface area contributed by atoms with Gasteiger partial charge >= 0.3 is 0 Å². The van der Waals surface area contributed by atoms with E-state index in [-0.39, 0.29) is 29.2 Å².